The quantitative estimate of drug-likeness (QED) is 0.132. The van der Waals surface area contributed by atoms with E-state index in [4.69, 9.17) is 48.1 Å². The number of halogens is 3. The normalized spacial score (nSPS) is 18.5. The van der Waals surface area contributed by atoms with Crippen LogP contribution in [-0.2, 0) is 42.5 Å². The van der Waals surface area contributed by atoms with Gasteiger partial charge in [0, 0.05) is 62.0 Å². The number of carbonyl (C=O) groups is 2. The van der Waals surface area contributed by atoms with E-state index in [0.29, 0.717) is 60.8 Å². The van der Waals surface area contributed by atoms with Crippen molar-refractivity contribution in [2.75, 3.05) is 25.1 Å². The maximum Gasteiger partial charge on any atom is 0.308 e. The van der Waals surface area contributed by atoms with Gasteiger partial charge in [-0.3, -0.25) is 14.5 Å². The number of imidazole rings is 1. The van der Waals surface area contributed by atoms with Gasteiger partial charge >= 0.3 is 5.97 Å². The first kappa shape index (κ1) is 36.8. The van der Waals surface area contributed by atoms with Gasteiger partial charge in [-0.2, -0.15) is 0 Å². The summed E-state index contributed by atoms with van der Waals surface area (Å²) in [5.74, 6) is 0.349. The Bertz CT molecular complexity index is 2120. The summed E-state index contributed by atoms with van der Waals surface area (Å²) < 4.78 is 35.1. The molecular formula is C41H44Cl2FN5O5. The number of nitrogens with zero attached hydrogens (tertiary/aromatic N) is 3. The topological polar surface area (TPSA) is 121 Å². The zero-order valence-corrected chi connectivity index (χ0v) is 31.9. The highest BCUT2D eigenvalue weighted by Gasteiger charge is 2.34. The van der Waals surface area contributed by atoms with Crippen LogP contribution in [-0.4, -0.2) is 52.1 Å². The number of esters is 1. The lowest BCUT2D eigenvalue weighted by Gasteiger charge is -2.31. The van der Waals surface area contributed by atoms with Crippen LogP contribution in [0.5, 0.6) is 11.5 Å². The van der Waals surface area contributed by atoms with Crippen LogP contribution < -0.4 is 20.5 Å². The third-order valence-electron chi connectivity index (χ3n) is 11.1. The zero-order valence-electron chi connectivity index (χ0n) is 30.4. The maximum atomic E-state index is 15.4. The molecule has 0 bridgehead atoms. The van der Waals surface area contributed by atoms with E-state index in [1.807, 2.05) is 48.9 Å². The molecule has 1 amide bonds. The Hall–Kier alpha value is -4.16. The molecule has 13 heteroatoms. The van der Waals surface area contributed by atoms with Crippen LogP contribution in [0.2, 0.25) is 10.0 Å². The third kappa shape index (κ3) is 7.31. The van der Waals surface area contributed by atoms with Crippen molar-refractivity contribution in [2.24, 2.45) is 24.6 Å². The van der Waals surface area contributed by atoms with Gasteiger partial charge in [0.2, 0.25) is 0 Å². The largest absolute Gasteiger partial charge is 0.493 e. The lowest BCUT2D eigenvalue weighted by molar-refractivity contribution is -0.147. The van der Waals surface area contributed by atoms with Gasteiger partial charge < -0.3 is 29.8 Å². The summed E-state index contributed by atoms with van der Waals surface area (Å²) in [6.45, 7) is 4.19. The molecule has 2 saturated carbocycles. The molecule has 54 heavy (non-hydrogen) atoms. The molecule has 8 rings (SSSR count). The number of fused-ring (bicyclic) bond motifs is 2. The van der Waals surface area contributed by atoms with Gasteiger partial charge in [0.1, 0.15) is 29.2 Å². The molecule has 1 aliphatic heterocycles. The van der Waals surface area contributed by atoms with Gasteiger partial charge in [-0.25, -0.2) is 9.37 Å². The summed E-state index contributed by atoms with van der Waals surface area (Å²) in [4.78, 5) is 32.8. The van der Waals surface area contributed by atoms with Crippen LogP contribution in [0, 0.1) is 17.7 Å². The number of rotatable bonds is 13. The molecule has 2 atom stereocenters. The first-order chi connectivity index (χ1) is 26.1. The SMILES string of the molecule is CC(COC(=O)C1CC1)N1CCc2c(nc(C(=O)Nc3cccc(-c4cccc5c4CCC5Oc4cc(OCC5CC5)c(CN)c(F)c4Cl)c3Cl)n2C)C1. The Morgan fingerprint density at radius 1 is 1.04 bits per heavy atom. The van der Waals surface area contributed by atoms with Crippen molar-refractivity contribution in [2.45, 2.75) is 77.1 Å². The van der Waals surface area contributed by atoms with Crippen molar-refractivity contribution < 1.29 is 28.2 Å². The molecule has 3 aromatic carbocycles. The Labute approximate surface area is 324 Å². The van der Waals surface area contributed by atoms with E-state index in [0.717, 1.165) is 72.3 Å². The Balaban J connectivity index is 0.978. The minimum atomic E-state index is -0.620. The molecule has 4 aromatic rings. The lowest BCUT2D eigenvalue weighted by Crippen LogP contribution is -2.41. The van der Waals surface area contributed by atoms with E-state index in [9.17, 15) is 9.59 Å². The van der Waals surface area contributed by atoms with Gasteiger partial charge in [0.25, 0.3) is 5.91 Å². The molecule has 2 fully saturated rings. The fourth-order valence-electron chi connectivity index (χ4n) is 7.55. The van der Waals surface area contributed by atoms with E-state index in [1.54, 1.807) is 12.1 Å². The number of ether oxygens (including phenoxy) is 3. The summed E-state index contributed by atoms with van der Waals surface area (Å²) in [6.07, 6.45) is 5.75. The number of nitrogens with one attached hydrogen (secondary N) is 1. The minimum absolute atomic E-state index is 0.0368. The third-order valence-corrected chi connectivity index (χ3v) is 11.9. The number of amides is 1. The van der Waals surface area contributed by atoms with E-state index < -0.39 is 5.82 Å². The Morgan fingerprint density at radius 3 is 2.57 bits per heavy atom. The second kappa shape index (κ2) is 15.2. The Kier molecular flexibility index (Phi) is 10.3. The van der Waals surface area contributed by atoms with Gasteiger partial charge in [-0.1, -0.05) is 53.5 Å². The summed E-state index contributed by atoms with van der Waals surface area (Å²) in [7, 11) is 1.86. The number of hydrogen-bond acceptors (Lipinski definition) is 8. The van der Waals surface area contributed by atoms with Crippen LogP contribution in [0.15, 0.2) is 42.5 Å². The van der Waals surface area contributed by atoms with Crippen molar-refractivity contribution in [1.29, 1.82) is 0 Å². The minimum Gasteiger partial charge on any atom is -0.493 e. The highest BCUT2D eigenvalue weighted by Crippen LogP contribution is 2.46. The molecule has 4 aliphatic rings. The number of nitrogens with two attached hydrogens (primary N) is 1. The predicted molar refractivity (Wildman–Crippen MR) is 205 cm³/mol. The second-order valence-electron chi connectivity index (χ2n) is 14.9. The number of anilines is 1. The fourth-order valence-corrected chi connectivity index (χ4v) is 8.04. The standard InChI is InChI=1S/C41H44Cl2FN5O5/c1-22(20-53-41(51)24-11-12-24)49-16-15-32-31(19-49)46-39(48(32)2)40(50)47-30-8-4-7-28(36(30)42)25-5-3-6-27-26(25)13-14-33(27)54-35-17-34(52-21-23-9-10-23)29(18-45)38(44)37(35)43/h3-8,17,22-24,33H,9-16,18-21,45H2,1-2H3,(H,47,50). The van der Waals surface area contributed by atoms with E-state index in [-0.39, 0.29) is 52.8 Å². The van der Waals surface area contributed by atoms with Crippen LogP contribution in [0.3, 0.4) is 0 Å². The molecule has 284 valence electrons. The Morgan fingerprint density at radius 2 is 1.81 bits per heavy atom. The predicted octanol–water partition coefficient (Wildman–Crippen LogP) is 7.80. The maximum absolute atomic E-state index is 15.4. The van der Waals surface area contributed by atoms with Gasteiger partial charge in [0.05, 0.1) is 28.9 Å². The van der Waals surface area contributed by atoms with E-state index in [2.05, 4.69) is 10.2 Å². The molecular weight excluding hydrogens is 732 g/mol. The number of aromatic nitrogens is 2. The lowest BCUT2D eigenvalue weighted by atomic mass is 9.96. The highest BCUT2D eigenvalue weighted by atomic mass is 35.5. The fraction of sp³-hybridized carbons (Fsp3) is 0.439. The molecule has 2 heterocycles. The monoisotopic (exact) mass is 775 g/mol. The smallest absolute Gasteiger partial charge is 0.308 e. The second-order valence-corrected chi connectivity index (χ2v) is 15.7. The van der Waals surface area contributed by atoms with Crippen molar-refractivity contribution >= 4 is 40.8 Å². The van der Waals surface area contributed by atoms with Crippen LogP contribution in [0.4, 0.5) is 10.1 Å². The van der Waals surface area contributed by atoms with Crippen molar-refractivity contribution in [3.63, 3.8) is 0 Å². The molecule has 0 spiro atoms. The first-order valence-corrected chi connectivity index (χ1v) is 19.5. The van der Waals surface area contributed by atoms with Crippen molar-refractivity contribution in [1.82, 2.24) is 14.5 Å². The van der Waals surface area contributed by atoms with Gasteiger partial charge in [0.15, 0.2) is 11.6 Å². The molecule has 10 nitrogen and oxygen atoms in total. The number of carbonyl (C=O) groups excluding carboxylic acids is 2. The van der Waals surface area contributed by atoms with E-state index >= 15 is 4.39 Å². The van der Waals surface area contributed by atoms with Crippen molar-refractivity contribution in [3.8, 4) is 22.6 Å². The molecule has 0 radical (unpaired) electrons. The summed E-state index contributed by atoms with van der Waals surface area (Å²) in [5.41, 5.74) is 12.1. The van der Waals surface area contributed by atoms with Crippen molar-refractivity contribution in [3.05, 3.63) is 92.2 Å². The molecule has 2 unspecified atom stereocenters. The molecule has 0 saturated heterocycles. The average Bonchev–Trinajstić information content (AvgIpc) is 4.12. The first-order valence-electron chi connectivity index (χ1n) is 18.8. The summed E-state index contributed by atoms with van der Waals surface area (Å²) in [6, 6.07) is 13.2. The van der Waals surface area contributed by atoms with Crippen LogP contribution in [0.25, 0.3) is 11.1 Å². The number of benzene rings is 3. The molecule has 1 aromatic heterocycles. The van der Waals surface area contributed by atoms with E-state index in [1.165, 1.54) is 0 Å². The van der Waals surface area contributed by atoms with Crippen LogP contribution >= 0.6 is 23.2 Å². The summed E-state index contributed by atoms with van der Waals surface area (Å²) in [5, 5.41) is 3.30. The van der Waals surface area contributed by atoms with Gasteiger partial charge in [-0.05, 0) is 74.1 Å². The summed E-state index contributed by atoms with van der Waals surface area (Å²) >= 11 is 13.5. The zero-order chi connectivity index (χ0) is 37.7. The highest BCUT2D eigenvalue weighted by molar-refractivity contribution is 6.36. The molecule has 3 aliphatic carbocycles. The average molecular weight is 777 g/mol. The number of hydrogen-bond donors (Lipinski definition) is 2. The molecule has 3 N–H and O–H groups in total. The van der Waals surface area contributed by atoms with Crippen LogP contribution in [0.1, 0.15) is 83.8 Å². The van der Waals surface area contributed by atoms with Gasteiger partial charge in [-0.15, -0.1) is 0 Å².